The fourth-order valence-electron chi connectivity index (χ4n) is 3.05. The number of aliphatic hydroxyl groups is 1. The number of anilines is 1. The van der Waals surface area contributed by atoms with Gasteiger partial charge in [-0.05, 0) is 44.9 Å². The van der Waals surface area contributed by atoms with E-state index in [-0.39, 0.29) is 12.0 Å². The zero-order valence-corrected chi connectivity index (χ0v) is 13.0. The van der Waals surface area contributed by atoms with E-state index >= 15 is 0 Å². The highest BCUT2D eigenvalue weighted by Crippen LogP contribution is 2.22. The Morgan fingerprint density at radius 3 is 2.81 bits per heavy atom. The van der Waals surface area contributed by atoms with E-state index in [0.717, 1.165) is 31.6 Å². The molecule has 1 aromatic rings. The summed E-state index contributed by atoms with van der Waals surface area (Å²) < 4.78 is 0. The highest BCUT2D eigenvalue weighted by Gasteiger charge is 2.26. The van der Waals surface area contributed by atoms with Crippen LogP contribution >= 0.6 is 0 Å². The predicted octanol–water partition coefficient (Wildman–Crippen LogP) is 2.27. The molecule has 2 rings (SSSR count). The zero-order chi connectivity index (χ0) is 15.2. The minimum absolute atomic E-state index is 0.142. The molecule has 116 valence electrons. The lowest BCUT2D eigenvalue weighted by molar-refractivity contribution is -0.118. The molecule has 0 aromatic heterocycles. The number of benzene rings is 1. The highest BCUT2D eigenvalue weighted by molar-refractivity contribution is 5.92. The summed E-state index contributed by atoms with van der Waals surface area (Å²) in [4.78, 5) is 16.4. The van der Waals surface area contributed by atoms with E-state index in [0.29, 0.717) is 12.5 Å². The number of rotatable bonds is 6. The van der Waals surface area contributed by atoms with Crippen molar-refractivity contribution in [3.63, 3.8) is 0 Å². The maximum absolute atomic E-state index is 12.3. The van der Waals surface area contributed by atoms with Crippen molar-refractivity contribution in [2.24, 2.45) is 0 Å². The van der Waals surface area contributed by atoms with Gasteiger partial charge in [-0.25, -0.2) is 0 Å². The molecule has 0 radical (unpaired) electrons. The summed E-state index contributed by atoms with van der Waals surface area (Å²) in [5.41, 5.74) is 0.935. The number of amides is 1. The number of carbonyl (C=O) groups is 1. The van der Waals surface area contributed by atoms with Crippen LogP contribution < -0.4 is 4.90 Å². The lowest BCUT2D eigenvalue weighted by Crippen LogP contribution is -2.36. The van der Waals surface area contributed by atoms with Gasteiger partial charge in [-0.3, -0.25) is 9.69 Å². The van der Waals surface area contributed by atoms with Gasteiger partial charge in [0, 0.05) is 31.7 Å². The van der Waals surface area contributed by atoms with Crippen LogP contribution in [0.2, 0.25) is 0 Å². The maximum atomic E-state index is 12.3. The average molecular weight is 290 g/mol. The van der Waals surface area contributed by atoms with Gasteiger partial charge in [-0.2, -0.15) is 0 Å². The molecule has 4 nitrogen and oxygen atoms in total. The molecule has 21 heavy (non-hydrogen) atoms. The Balaban J connectivity index is 1.83. The van der Waals surface area contributed by atoms with Gasteiger partial charge in [0.1, 0.15) is 0 Å². The van der Waals surface area contributed by atoms with E-state index in [1.807, 2.05) is 44.3 Å². The molecule has 1 N–H and O–H groups in total. The largest absolute Gasteiger partial charge is 0.393 e. The molecule has 0 saturated carbocycles. The van der Waals surface area contributed by atoms with Crippen molar-refractivity contribution in [2.45, 2.75) is 44.8 Å². The molecule has 0 bridgehead atoms. The second kappa shape index (κ2) is 7.57. The monoisotopic (exact) mass is 290 g/mol. The smallest absolute Gasteiger partial charge is 0.228 e. The number of hydrogen-bond acceptors (Lipinski definition) is 3. The number of hydrogen-bond donors (Lipinski definition) is 1. The van der Waals surface area contributed by atoms with Crippen LogP contribution in [-0.4, -0.2) is 48.2 Å². The fourth-order valence-corrected chi connectivity index (χ4v) is 3.05. The van der Waals surface area contributed by atoms with Gasteiger partial charge >= 0.3 is 0 Å². The third kappa shape index (κ3) is 4.55. The minimum atomic E-state index is -0.265. The van der Waals surface area contributed by atoms with Gasteiger partial charge in [-0.1, -0.05) is 18.2 Å². The van der Waals surface area contributed by atoms with Crippen LogP contribution in [-0.2, 0) is 4.79 Å². The van der Waals surface area contributed by atoms with Crippen molar-refractivity contribution in [1.82, 2.24) is 4.90 Å². The zero-order valence-electron chi connectivity index (χ0n) is 13.0. The van der Waals surface area contributed by atoms with Gasteiger partial charge in [0.25, 0.3) is 0 Å². The summed E-state index contributed by atoms with van der Waals surface area (Å²) in [6, 6.07) is 10.2. The third-order valence-electron chi connectivity index (χ3n) is 4.24. The number of likely N-dealkylation sites (tertiary alicyclic amines) is 1. The molecule has 0 spiro atoms. The lowest BCUT2D eigenvalue weighted by Gasteiger charge is -2.26. The lowest BCUT2D eigenvalue weighted by atomic mass is 10.1. The van der Waals surface area contributed by atoms with Crippen molar-refractivity contribution < 1.29 is 9.90 Å². The van der Waals surface area contributed by atoms with Crippen LogP contribution in [0.25, 0.3) is 0 Å². The average Bonchev–Trinajstić information content (AvgIpc) is 2.91. The van der Waals surface area contributed by atoms with Gasteiger partial charge in [0.05, 0.1) is 6.10 Å². The first-order valence-corrected chi connectivity index (χ1v) is 7.81. The number of para-hydroxylation sites is 1. The molecule has 0 aliphatic carbocycles. The second-order valence-corrected chi connectivity index (χ2v) is 5.96. The second-order valence-electron chi connectivity index (χ2n) is 5.96. The molecule has 1 aliphatic rings. The van der Waals surface area contributed by atoms with E-state index < -0.39 is 0 Å². The van der Waals surface area contributed by atoms with Crippen LogP contribution in [0, 0.1) is 0 Å². The predicted molar refractivity (Wildman–Crippen MR) is 85.4 cm³/mol. The van der Waals surface area contributed by atoms with Crippen molar-refractivity contribution in [2.75, 3.05) is 25.0 Å². The Morgan fingerprint density at radius 1 is 1.43 bits per heavy atom. The van der Waals surface area contributed by atoms with Crippen molar-refractivity contribution >= 4 is 11.6 Å². The highest BCUT2D eigenvalue weighted by atomic mass is 16.3. The SMILES string of the molecule is CC(O)CC1CCCN1CCC(=O)N(C)c1ccccc1. The normalized spacial score (nSPS) is 20.4. The topological polar surface area (TPSA) is 43.8 Å². The summed E-state index contributed by atoms with van der Waals surface area (Å²) in [6.45, 7) is 3.66. The summed E-state index contributed by atoms with van der Waals surface area (Å²) in [6.07, 6.45) is 3.37. The van der Waals surface area contributed by atoms with E-state index in [9.17, 15) is 9.90 Å². The van der Waals surface area contributed by atoms with Gasteiger partial charge in [0.2, 0.25) is 5.91 Å². The van der Waals surface area contributed by atoms with Crippen LogP contribution in [0.1, 0.15) is 32.6 Å². The summed E-state index contributed by atoms with van der Waals surface area (Å²) in [7, 11) is 1.83. The van der Waals surface area contributed by atoms with Gasteiger partial charge in [-0.15, -0.1) is 0 Å². The van der Waals surface area contributed by atoms with Crippen LogP contribution in [0.4, 0.5) is 5.69 Å². The Morgan fingerprint density at radius 2 is 2.14 bits per heavy atom. The molecule has 1 aliphatic heterocycles. The van der Waals surface area contributed by atoms with Gasteiger partial charge in [0.15, 0.2) is 0 Å². The van der Waals surface area contributed by atoms with Crippen LogP contribution in [0.3, 0.4) is 0 Å². The van der Waals surface area contributed by atoms with E-state index in [1.54, 1.807) is 4.90 Å². The van der Waals surface area contributed by atoms with Crippen molar-refractivity contribution in [1.29, 1.82) is 0 Å². The molecule has 1 saturated heterocycles. The molecule has 2 atom stereocenters. The van der Waals surface area contributed by atoms with E-state index in [1.165, 1.54) is 6.42 Å². The quantitative estimate of drug-likeness (QED) is 0.874. The third-order valence-corrected chi connectivity index (χ3v) is 4.24. The first-order chi connectivity index (χ1) is 10.1. The Hall–Kier alpha value is -1.39. The number of aliphatic hydroxyl groups excluding tert-OH is 1. The molecule has 1 heterocycles. The Kier molecular flexibility index (Phi) is 5.76. The van der Waals surface area contributed by atoms with E-state index in [4.69, 9.17) is 0 Å². The van der Waals surface area contributed by atoms with Crippen molar-refractivity contribution in [3.8, 4) is 0 Å². The van der Waals surface area contributed by atoms with Crippen molar-refractivity contribution in [3.05, 3.63) is 30.3 Å². The molecule has 4 heteroatoms. The molecule has 2 unspecified atom stereocenters. The fraction of sp³-hybridized carbons (Fsp3) is 0.588. The Bertz CT molecular complexity index is 447. The maximum Gasteiger partial charge on any atom is 0.228 e. The molecule has 1 aromatic carbocycles. The first-order valence-electron chi connectivity index (χ1n) is 7.81. The summed E-state index contributed by atoms with van der Waals surface area (Å²) >= 11 is 0. The minimum Gasteiger partial charge on any atom is -0.393 e. The molecule has 1 fully saturated rings. The molecular formula is C17H26N2O2. The standard InChI is InChI=1S/C17H26N2O2/c1-14(20)13-16-9-6-11-19(16)12-10-17(21)18(2)15-7-4-3-5-8-15/h3-5,7-8,14,16,20H,6,9-13H2,1-2H3. The number of nitrogens with zero attached hydrogens (tertiary/aromatic N) is 2. The Labute approximate surface area is 127 Å². The van der Waals surface area contributed by atoms with E-state index in [2.05, 4.69) is 4.90 Å². The summed E-state index contributed by atoms with van der Waals surface area (Å²) in [5, 5.41) is 9.54. The first kappa shape index (κ1) is 16.0. The van der Waals surface area contributed by atoms with Gasteiger partial charge < -0.3 is 10.0 Å². The molecule has 1 amide bonds. The van der Waals surface area contributed by atoms with Crippen LogP contribution in [0.15, 0.2) is 30.3 Å². The molecular weight excluding hydrogens is 264 g/mol. The van der Waals surface area contributed by atoms with Crippen LogP contribution in [0.5, 0.6) is 0 Å². The summed E-state index contributed by atoms with van der Waals surface area (Å²) in [5.74, 6) is 0.142. The number of carbonyl (C=O) groups excluding carboxylic acids is 1.